The topological polar surface area (TPSA) is 46.2 Å². The molecule has 0 bridgehead atoms. The second kappa shape index (κ2) is 7.29. The van der Waals surface area contributed by atoms with Crippen LogP contribution in [-0.2, 0) is 11.0 Å². The number of alkyl halides is 3. The van der Waals surface area contributed by atoms with Crippen molar-refractivity contribution in [3.05, 3.63) is 65.2 Å². The zero-order valence-electron chi connectivity index (χ0n) is 13.0. The minimum absolute atomic E-state index is 0.0664. The number of benzene rings is 2. The largest absolute Gasteiger partial charge is 0.418 e. The first-order chi connectivity index (χ1) is 11.3. The Morgan fingerprint density at radius 1 is 0.958 bits per heavy atom. The van der Waals surface area contributed by atoms with Gasteiger partial charge in [-0.2, -0.15) is 13.2 Å². The van der Waals surface area contributed by atoms with Crippen LogP contribution in [0.1, 0.15) is 34.3 Å². The summed E-state index contributed by atoms with van der Waals surface area (Å²) in [5.74, 6) is -0.860. The van der Waals surface area contributed by atoms with Gasteiger partial charge in [0.2, 0.25) is 5.91 Å². The molecule has 0 saturated carbocycles. The van der Waals surface area contributed by atoms with Gasteiger partial charge in [-0.3, -0.25) is 9.59 Å². The van der Waals surface area contributed by atoms with Crippen LogP contribution in [0.25, 0.3) is 0 Å². The highest BCUT2D eigenvalue weighted by Crippen LogP contribution is 2.34. The fraction of sp³-hybridized carbons (Fsp3) is 0.222. The molecule has 0 aromatic heterocycles. The Morgan fingerprint density at radius 3 is 2.21 bits per heavy atom. The molecule has 0 fully saturated rings. The molecule has 0 radical (unpaired) electrons. The van der Waals surface area contributed by atoms with Crippen LogP contribution < -0.4 is 5.32 Å². The lowest BCUT2D eigenvalue weighted by Gasteiger charge is -2.13. The number of aryl methyl sites for hydroxylation is 1. The van der Waals surface area contributed by atoms with E-state index in [9.17, 15) is 22.8 Å². The third-order valence-electron chi connectivity index (χ3n) is 3.46. The number of nitrogens with one attached hydrogen (secondary N) is 1. The lowest BCUT2D eigenvalue weighted by molar-refractivity contribution is -0.137. The molecule has 0 heterocycles. The molecule has 0 unspecified atom stereocenters. The SMILES string of the molecule is Cc1ccc(C(=O)CCC(=O)Nc2ccccc2C(F)(F)F)cc1. The average molecular weight is 335 g/mol. The summed E-state index contributed by atoms with van der Waals surface area (Å²) in [6, 6.07) is 11.6. The Morgan fingerprint density at radius 2 is 1.58 bits per heavy atom. The van der Waals surface area contributed by atoms with Crippen molar-refractivity contribution in [1.82, 2.24) is 0 Å². The summed E-state index contributed by atoms with van der Waals surface area (Å²) in [7, 11) is 0. The predicted molar refractivity (Wildman–Crippen MR) is 84.8 cm³/mol. The van der Waals surface area contributed by atoms with Crippen LogP contribution in [-0.4, -0.2) is 11.7 Å². The molecule has 0 spiro atoms. The molecular weight excluding hydrogens is 319 g/mol. The van der Waals surface area contributed by atoms with Crippen LogP contribution in [0.5, 0.6) is 0 Å². The van der Waals surface area contributed by atoms with Gasteiger partial charge in [0.1, 0.15) is 0 Å². The lowest BCUT2D eigenvalue weighted by Crippen LogP contribution is -2.17. The van der Waals surface area contributed by atoms with Gasteiger partial charge in [0, 0.05) is 18.4 Å². The van der Waals surface area contributed by atoms with Crippen molar-refractivity contribution in [2.24, 2.45) is 0 Å². The first-order valence-corrected chi connectivity index (χ1v) is 7.33. The first-order valence-electron chi connectivity index (χ1n) is 7.33. The smallest absolute Gasteiger partial charge is 0.325 e. The normalized spacial score (nSPS) is 11.2. The second-order valence-corrected chi connectivity index (χ2v) is 5.38. The van der Waals surface area contributed by atoms with E-state index in [-0.39, 0.29) is 24.3 Å². The van der Waals surface area contributed by atoms with E-state index in [4.69, 9.17) is 0 Å². The highest BCUT2D eigenvalue weighted by molar-refractivity contribution is 6.00. The minimum Gasteiger partial charge on any atom is -0.325 e. The van der Waals surface area contributed by atoms with Crippen molar-refractivity contribution in [2.75, 3.05) is 5.32 Å². The van der Waals surface area contributed by atoms with E-state index in [1.54, 1.807) is 24.3 Å². The molecule has 6 heteroatoms. The summed E-state index contributed by atoms with van der Waals surface area (Å²) in [4.78, 5) is 23.8. The number of hydrogen-bond acceptors (Lipinski definition) is 2. The number of rotatable bonds is 5. The van der Waals surface area contributed by atoms with Crippen LogP contribution in [0.15, 0.2) is 48.5 Å². The Balaban J connectivity index is 1.97. The van der Waals surface area contributed by atoms with Crippen molar-refractivity contribution < 1.29 is 22.8 Å². The summed E-state index contributed by atoms with van der Waals surface area (Å²) in [5.41, 5.74) is 0.262. The summed E-state index contributed by atoms with van der Waals surface area (Å²) in [5, 5.41) is 2.22. The quantitative estimate of drug-likeness (QED) is 0.811. The van der Waals surface area contributed by atoms with E-state index in [0.717, 1.165) is 11.6 Å². The number of para-hydroxylation sites is 1. The number of amides is 1. The van der Waals surface area contributed by atoms with Gasteiger partial charge in [-0.05, 0) is 19.1 Å². The molecule has 24 heavy (non-hydrogen) atoms. The molecule has 0 aliphatic carbocycles. The molecule has 0 atom stereocenters. The van der Waals surface area contributed by atoms with E-state index in [1.165, 1.54) is 18.2 Å². The monoisotopic (exact) mass is 335 g/mol. The maximum Gasteiger partial charge on any atom is 0.418 e. The molecule has 0 aliphatic rings. The Kier molecular flexibility index (Phi) is 5.39. The molecule has 2 aromatic carbocycles. The van der Waals surface area contributed by atoms with Gasteiger partial charge in [-0.15, -0.1) is 0 Å². The molecule has 1 amide bonds. The number of ketones is 1. The molecule has 0 aliphatic heterocycles. The molecule has 2 rings (SSSR count). The van der Waals surface area contributed by atoms with Crippen LogP contribution >= 0.6 is 0 Å². The van der Waals surface area contributed by atoms with E-state index < -0.39 is 17.6 Å². The Labute approximate surface area is 137 Å². The van der Waals surface area contributed by atoms with Crippen molar-refractivity contribution in [3.8, 4) is 0 Å². The van der Waals surface area contributed by atoms with E-state index in [2.05, 4.69) is 5.32 Å². The van der Waals surface area contributed by atoms with Gasteiger partial charge in [-0.1, -0.05) is 42.0 Å². The predicted octanol–water partition coefficient (Wildman–Crippen LogP) is 4.62. The Bertz CT molecular complexity index is 737. The third-order valence-corrected chi connectivity index (χ3v) is 3.46. The highest BCUT2D eigenvalue weighted by atomic mass is 19.4. The van der Waals surface area contributed by atoms with Gasteiger partial charge >= 0.3 is 6.18 Å². The maximum absolute atomic E-state index is 12.9. The summed E-state index contributed by atoms with van der Waals surface area (Å²) in [6.45, 7) is 1.89. The number of anilines is 1. The fourth-order valence-corrected chi connectivity index (χ4v) is 2.16. The summed E-state index contributed by atoms with van der Waals surface area (Å²) >= 11 is 0. The summed E-state index contributed by atoms with van der Waals surface area (Å²) < 4.78 is 38.6. The van der Waals surface area contributed by atoms with E-state index in [0.29, 0.717) is 5.56 Å². The molecular formula is C18H16F3NO2. The molecule has 0 saturated heterocycles. The van der Waals surface area contributed by atoms with Gasteiger partial charge < -0.3 is 5.32 Å². The van der Waals surface area contributed by atoms with Crippen LogP contribution in [0, 0.1) is 6.92 Å². The van der Waals surface area contributed by atoms with Crippen LogP contribution in [0.3, 0.4) is 0 Å². The zero-order valence-corrected chi connectivity index (χ0v) is 13.0. The minimum atomic E-state index is -4.55. The van der Waals surface area contributed by atoms with E-state index >= 15 is 0 Å². The molecule has 1 N–H and O–H groups in total. The molecule has 3 nitrogen and oxygen atoms in total. The standard InChI is InChI=1S/C18H16F3NO2/c1-12-6-8-13(9-7-12)16(23)10-11-17(24)22-15-5-3-2-4-14(15)18(19,20)21/h2-9H,10-11H2,1H3,(H,22,24). The van der Waals surface area contributed by atoms with Gasteiger partial charge in [0.15, 0.2) is 5.78 Å². The van der Waals surface area contributed by atoms with Gasteiger partial charge in [0.05, 0.1) is 11.3 Å². The number of Topliss-reactive ketones (excluding diaryl/α,β-unsaturated/α-hetero) is 1. The van der Waals surface area contributed by atoms with Gasteiger partial charge in [0.25, 0.3) is 0 Å². The molecule has 126 valence electrons. The number of carbonyl (C=O) groups is 2. The number of hydrogen-bond donors (Lipinski definition) is 1. The average Bonchev–Trinajstić information content (AvgIpc) is 2.53. The summed E-state index contributed by atoms with van der Waals surface area (Å²) in [6.07, 6.45) is -4.80. The van der Waals surface area contributed by atoms with E-state index in [1.807, 2.05) is 6.92 Å². The number of carbonyl (C=O) groups excluding carboxylic acids is 2. The Hall–Kier alpha value is -2.63. The van der Waals surface area contributed by atoms with Crippen molar-refractivity contribution in [1.29, 1.82) is 0 Å². The van der Waals surface area contributed by atoms with Gasteiger partial charge in [-0.25, -0.2) is 0 Å². The van der Waals surface area contributed by atoms with Crippen molar-refractivity contribution >= 4 is 17.4 Å². The van der Waals surface area contributed by atoms with Crippen molar-refractivity contribution in [3.63, 3.8) is 0 Å². The molecule has 2 aromatic rings. The third kappa shape index (κ3) is 4.68. The van der Waals surface area contributed by atoms with Crippen LogP contribution in [0.2, 0.25) is 0 Å². The fourth-order valence-electron chi connectivity index (χ4n) is 2.16. The number of halogens is 3. The van der Waals surface area contributed by atoms with Crippen LogP contribution in [0.4, 0.5) is 18.9 Å². The highest BCUT2D eigenvalue weighted by Gasteiger charge is 2.33. The second-order valence-electron chi connectivity index (χ2n) is 5.38. The van der Waals surface area contributed by atoms with Crippen molar-refractivity contribution in [2.45, 2.75) is 25.9 Å². The zero-order chi connectivity index (χ0) is 17.7. The lowest BCUT2D eigenvalue weighted by atomic mass is 10.0. The maximum atomic E-state index is 12.9. The first kappa shape index (κ1) is 17.7.